The number of halogens is 1. The van der Waals surface area contributed by atoms with Crippen LogP contribution in [-0.2, 0) is 11.3 Å². The number of nitrogens with one attached hydrogen (secondary N) is 1. The number of carbonyl (C=O) groups excluding carboxylic acids is 1. The fraction of sp³-hybridized carbons (Fsp3) is 0.533. The van der Waals surface area contributed by atoms with Gasteiger partial charge in [0.05, 0.1) is 6.54 Å². The summed E-state index contributed by atoms with van der Waals surface area (Å²) in [5.41, 5.74) is 1.44. The van der Waals surface area contributed by atoms with E-state index >= 15 is 0 Å². The molecule has 2 aliphatic rings. The minimum Gasteiger partial charge on any atom is -0.342 e. The molecule has 0 radical (unpaired) electrons. The molecule has 10 heteroatoms. The molecule has 2 aromatic heterocycles. The van der Waals surface area contributed by atoms with E-state index in [1.54, 1.807) is 4.90 Å². The fourth-order valence-electron chi connectivity index (χ4n) is 3.26. The average molecular weight is 367 g/mol. The van der Waals surface area contributed by atoms with Gasteiger partial charge in [-0.25, -0.2) is 18.7 Å². The summed E-state index contributed by atoms with van der Waals surface area (Å²) in [6, 6.07) is -0.485. The van der Waals surface area contributed by atoms with Crippen LogP contribution in [-0.4, -0.2) is 44.8 Å². The van der Waals surface area contributed by atoms with Crippen LogP contribution >= 0.6 is 11.3 Å². The zero-order valence-electron chi connectivity index (χ0n) is 14.0. The number of fused-ring (bicyclic) bond motifs is 3. The van der Waals surface area contributed by atoms with Crippen molar-refractivity contribution < 1.29 is 13.9 Å². The number of carbonyl (C=O) groups is 1. The lowest BCUT2D eigenvalue weighted by Crippen LogP contribution is -2.47. The summed E-state index contributed by atoms with van der Waals surface area (Å²) in [7, 11) is 0. The Kier molecular flexibility index (Phi) is 3.69. The highest BCUT2D eigenvalue weighted by Gasteiger charge is 2.54. The van der Waals surface area contributed by atoms with Gasteiger partial charge in [0.15, 0.2) is 13.0 Å². The van der Waals surface area contributed by atoms with Crippen LogP contribution in [0.3, 0.4) is 0 Å². The number of rotatable bonds is 4. The molecule has 1 N–H and O–H groups in total. The fourth-order valence-corrected chi connectivity index (χ4v) is 4.56. The summed E-state index contributed by atoms with van der Waals surface area (Å²) in [4.78, 5) is 30.5. The van der Waals surface area contributed by atoms with Crippen LogP contribution in [0.25, 0.3) is 0 Å². The number of ether oxygens (including phenoxy) is 1. The van der Waals surface area contributed by atoms with Crippen molar-refractivity contribution in [3.8, 4) is 0 Å². The molecule has 0 saturated carbocycles. The van der Waals surface area contributed by atoms with Crippen LogP contribution < -0.4 is 10.6 Å². The normalized spacial score (nSPS) is 22.2. The van der Waals surface area contributed by atoms with Crippen molar-refractivity contribution >= 4 is 22.4 Å². The smallest absolute Gasteiger partial charge is 0.342 e. The van der Waals surface area contributed by atoms with Gasteiger partial charge in [-0.05, 0) is 26.3 Å². The van der Waals surface area contributed by atoms with Gasteiger partial charge in [-0.1, -0.05) is 0 Å². The molecule has 0 aliphatic carbocycles. The number of alkyl halides is 1. The Morgan fingerprint density at radius 1 is 1.44 bits per heavy atom. The molecule has 2 atom stereocenters. The Morgan fingerprint density at radius 2 is 2.20 bits per heavy atom. The summed E-state index contributed by atoms with van der Waals surface area (Å²) >= 11 is 1.31. The van der Waals surface area contributed by atoms with Crippen molar-refractivity contribution in [2.75, 3.05) is 11.7 Å². The van der Waals surface area contributed by atoms with Crippen LogP contribution in [0, 0.1) is 6.92 Å². The summed E-state index contributed by atoms with van der Waals surface area (Å²) in [6.45, 7) is 5.04. The Hall–Kier alpha value is -2.20. The summed E-state index contributed by atoms with van der Waals surface area (Å²) in [5.74, 6) is 0. The van der Waals surface area contributed by atoms with E-state index in [1.165, 1.54) is 22.3 Å². The molecule has 134 valence electrons. The zero-order chi connectivity index (χ0) is 17.9. The molecule has 2 amide bonds. The molecule has 4 heterocycles. The first kappa shape index (κ1) is 16.3. The lowest BCUT2D eigenvalue weighted by Gasteiger charge is -2.28. The Morgan fingerprint density at radius 3 is 2.80 bits per heavy atom. The Balaban J connectivity index is 1.78. The SMILES string of the molecule is Cc1c(Cn2nc[nH]c2=O)sc2c1C1OC1N(C(C)C)C(=O)N2CF. The van der Waals surface area contributed by atoms with Gasteiger partial charge in [-0.15, -0.1) is 11.3 Å². The van der Waals surface area contributed by atoms with E-state index < -0.39 is 12.8 Å². The zero-order valence-corrected chi connectivity index (χ0v) is 14.8. The number of H-pyrrole nitrogens is 1. The molecule has 4 rings (SSSR count). The maximum atomic E-state index is 13.7. The summed E-state index contributed by atoms with van der Waals surface area (Å²) in [6.07, 6.45) is 0.713. The number of aromatic amines is 1. The number of nitrogens with zero attached hydrogens (tertiary/aromatic N) is 4. The first-order chi connectivity index (χ1) is 11.9. The first-order valence-corrected chi connectivity index (χ1v) is 8.79. The average Bonchev–Trinajstić information content (AvgIpc) is 3.11. The van der Waals surface area contributed by atoms with Gasteiger partial charge in [0.25, 0.3) is 0 Å². The standard InChI is InChI=1S/C15H18FN5O3S/c1-7(2)21-12-11(24-12)10-8(3)9(4-20-14(22)17-6-18-20)25-13(10)19(5-16)15(21)23/h6-7,11-12H,4-5H2,1-3H3,(H,17,18,22). The second-order valence-electron chi connectivity index (χ2n) is 6.40. The monoisotopic (exact) mass is 367 g/mol. The number of aromatic nitrogens is 3. The maximum absolute atomic E-state index is 13.7. The number of hydrogen-bond acceptors (Lipinski definition) is 5. The van der Waals surface area contributed by atoms with Crippen molar-refractivity contribution in [3.63, 3.8) is 0 Å². The third kappa shape index (κ3) is 2.39. The molecule has 2 aromatic rings. The van der Waals surface area contributed by atoms with E-state index in [2.05, 4.69) is 10.1 Å². The highest BCUT2D eigenvalue weighted by atomic mass is 32.1. The number of thiophene rings is 1. The third-order valence-electron chi connectivity index (χ3n) is 4.59. The van der Waals surface area contributed by atoms with Crippen LogP contribution in [0.1, 0.15) is 36.0 Å². The quantitative estimate of drug-likeness (QED) is 0.661. The highest BCUT2D eigenvalue weighted by Crippen LogP contribution is 2.53. The van der Waals surface area contributed by atoms with E-state index in [0.717, 1.165) is 20.9 Å². The van der Waals surface area contributed by atoms with E-state index in [-0.39, 0.29) is 30.6 Å². The van der Waals surface area contributed by atoms with E-state index in [0.29, 0.717) is 5.00 Å². The summed E-state index contributed by atoms with van der Waals surface area (Å²) < 4.78 is 20.8. The largest absolute Gasteiger partial charge is 0.343 e. The van der Waals surface area contributed by atoms with Crippen molar-refractivity contribution in [1.82, 2.24) is 19.7 Å². The predicted molar refractivity (Wildman–Crippen MR) is 89.4 cm³/mol. The van der Waals surface area contributed by atoms with E-state index in [9.17, 15) is 14.0 Å². The number of anilines is 1. The summed E-state index contributed by atoms with van der Waals surface area (Å²) in [5, 5.41) is 4.51. The molecule has 0 bridgehead atoms. The number of epoxide rings is 1. The molecule has 8 nitrogen and oxygen atoms in total. The van der Waals surface area contributed by atoms with Gasteiger partial charge < -0.3 is 4.74 Å². The molecule has 2 aliphatic heterocycles. The Labute approximate surface area is 146 Å². The van der Waals surface area contributed by atoms with Gasteiger partial charge in [-0.3, -0.25) is 14.8 Å². The molecule has 1 saturated heterocycles. The number of urea groups is 1. The van der Waals surface area contributed by atoms with Crippen LogP contribution in [0.4, 0.5) is 14.2 Å². The molecule has 2 unspecified atom stereocenters. The lowest BCUT2D eigenvalue weighted by molar-refractivity contribution is 0.149. The van der Waals surface area contributed by atoms with Gasteiger partial charge in [0.1, 0.15) is 17.4 Å². The second kappa shape index (κ2) is 5.67. The molecule has 1 fully saturated rings. The lowest BCUT2D eigenvalue weighted by atomic mass is 10.1. The van der Waals surface area contributed by atoms with Crippen LogP contribution in [0.2, 0.25) is 0 Å². The van der Waals surface area contributed by atoms with Crippen LogP contribution in [0.15, 0.2) is 11.1 Å². The second-order valence-corrected chi connectivity index (χ2v) is 7.48. The van der Waals surface area contributed by atoms with Gasteiger partial charge >= 0.3 is 11.7 Å². The van der Waals surface area contributed by atoms with Gasteiger partial charge in [-0.2, -0.15) is 5.10 Å². The van der Waals surface area contributed by atoms with Crippen molar-refractivity contribution in [1.29, 1.82) is 0 Å². The maximum Gasteiger partial charge on any atom is 0.343 e. The third-order valence-corrected chi connectivity index (χ3v) is 5.90. The molecular formula is C15H18FN5O3S. The van der Waals surface area contributed by atoms with Gasteiger partial charge in [0.2, 0.25) is 0 Å². The highest BCUT2D eigenvalue weighted by molar-refractivity contribution is 7.16. The molecule has 0 spiro atoms. The van der Waals surface area contributed by atoms with Gasteiger partial charge in [0, 0.05) is 16.5 Å². The minimum atomic E-state index is -0.907. The number of hydrogen-bond donors (Lipinski definition) is 1. The van der Waals surface area contributed by atoms with Crippen molar-refractivity contribution in [2.24, 2.45) is 0 Å². The topological polar surface area (TPSA) is 86.8 Å². The molecular weight excluding hydrogens is 349 g/mol. The predicted octanol–water partition coefficient (Wildman–Crippen LogP) is 1.96. The van der Waals surface area contributed by atoms with Crippen molar-refractivity contribution in [2.45, 2.75) is 45.7 Å². The van der Waals surface area contributed by atoms with Crippen LogP contribution in [0.5, 0.6) is 0 Å². The molecule has 0 aromatic carbocycles. The Bertz CT molecular complexity index is 888. The molecule has 25 heavy (non-hydrogen) atoms. The van der Waals surface area contributed by atoms with E-state index in [4.69, 9.17) is 4.74 Å². The first-order valence-electron chi connectivity index (χ1n) is 7.98. The van der Waals surface area contributed by atoms with E-state index in [1.807, 2.05) is 20.8 Å². The van der Waals surface area contributed by atoms with Crippen molar-refractivity contribution in [3.05, 3.63) is 32.8 Å². The minimum absolute atomic E-state index is 0.0898. The number of amides is 2.